The summed E-state index contributed by atoms with van der Waals surface area (Å²) in [6, 6.07) is 13.9. The highest BCUT2D eigenvalue weighted by Crippen LogP contribution is 2.27. The standard InChI is InChI=1S/C23H29N3O4S2/c1-25-12-14-26(15-13-25)32(28,29)20-10-8-18(9-11-20)24-23(27)21-6-2-3-7-22(21)31-17-19-5-4-16-30-19/h2-3,6-11,19H,4-5,12-17H2,1H3,(H,24,27). The van der Waals surface area contributed by atoms with Gasteiger partial charge in [0.25, 0.3) is 5.91 Å². The van der Waals surface area contributed by atoms with Crippen LogP contribution in [0.3, 0.4) is 0 Å². The Morgan fingerprint density at radius 1 is 1.09 bits per heavy atom. The molecule has 2 aromatic rings. The summed E-state index contributed by atoms with van der Waals surface area (Å²) in [6.07, 6.45) is 2.39. The van der Waals surface area contributed by atoms with Crippen molar-refractivity contribution in [3.8, 4) is 0 Å². The topological polar surface area (TPSA) is 79.0 Å². The van der Waals surface area contributed by atoms with Gasteiger partial charge in [-0.2, -0.15) is 4.31 Å². The van der Waals surface area contributed by atoms with Gasteiger partial charge in [0.1, 0.15) is 0 Å². The molecule has 2 aliphatic heterocycles. The Morgan fingerprint density at radius 3 is 2.50 bits per heavy atom. The lowest BCUT2D eigenvalue weighted by molar-refractivity contribution is 0.102. The third-order valence-electron chi connectivity index (χ3n) is 5.79. The monoisotopic (exact) mass is 475 g/mol. The molecule has 0 aliphatic carbocycles. The van der Waals surface area contributed by atoms with Crippen LogP contribution in [0.5, 0.6) is 0 Å². The minimum atomic E-state index is -3.53. The number of carbonyl (C=O) groups excluding carboxylic acids is 1. The number of thioether (sulfide) groups is 1. The minimum absolute atomic E-state index is 0.213. The van der Waals surface area contributed by atoms with Crippen LogP contribution in [0.25, 0.3) is 0 Å². The summed E-state index contributed by atoms with van der Waals surface area (Å²) in [6.45, 7) is 3.22. The zero-order chi connectivity index (χ0) is 22.6. The van der Waals surface area contributed by atoms with Gasteiger partial charge in [-0.05, 0) is 56.3 Å². The number of ether oxygens (including phenoxy) is 1. The molecule has 9 heteroatoms. The van der Waals surface area contributed by atoms with Crippen molar-refractivity contribution in [2.45, 2.75) is 28.7 Å². The molecular weight excluding hydrogens is 446 g/mol. The van der Waals surface area contributed by atoms with Gasteiger partial charge in [0, 0.05) is 49.1 Å². The maximum Gasteiger partial charge on any atom is 0.256 e. The van der Waals surface area contributed by atoms with E-state index in [1.165, 1.54) is 4.31 Å². The molecule has 0 saturated carbocycles. The molecule has 2 aliphatic rings. The van der Waals surface area contributed by atoms with Crippen LogP contribution in [0, 0.1) is 0 Å². The van der Waals surface area contributed by atoms with Gasteiger partial charge in [0.15, 0.2) is 0 Å². The highest BCUT2D eigenvalue weighted by atomic mass is 32.2. The number of nitrogens with one attached hydrogen (secondary N) is 1. The normalized spacial score (nSPS) is 20.3. The molecule has 4 rings (SSSR count). The van der Waals surface area contributed by atoms with Crippen molar-refractivity contribution < 1.29 is 17.9 Å². The lowest BCUT2D eigenvalue weighted by Gasteiger charge is -2.31. The molecule has 2 aromatic carbocycles. The van der Waals surface area contributed by atoms with Gasteiger partial charge >= 0.3 is 0 Å². The molecule has 1 amide bonds. The van der Waals surface area contributed by atoms with Gasteiger partial charge < -0.3 is 15.0 Å². The van der Waals surface area contributed by atoms with Gasteiger partial charge in [-0.1, -0.05) is 12.1 Å². The second-order valence-electron chi connectivity index (χ2n) is 8.13. The van der Waals surface area contributed by atoms with Crippen molar-refractivity contribution in [3.63, 3.8) is 0 Å². The van der Waals surface area contributed by atoms with E-state index in [9.17, 15) is 13.2 Å². The largest absolute Gasteiger partial charge is 0.377 e. The summed E-state index contributed by atoms with van der Waals surface area (Å²) >= 11 is 1.63. The Labute approximate surface area is 194 Å². The van der Waals surface area contributed by atoms with Crippen LogP contribution in [-0.2, 0) is 14.8 Å². The number of amides is 1. The molecule has 7 nitrogen and oxygen atoms in total. The summed E-state index contributed by atoms with van der Waals surface area (Å²) in [4.78, 5) is 16.2. The fraction of sp³-hybridized carbons (Fsp3) is 0.435. The van der Waals surface area contributed by atoms with E-state index in [2.05, 4.69) is 10.2 Å². The summed E-state index contributed by atoms with van der Waals surface area (Å²) in [5.74, 6) is 0.610. The number of sulfonamides is 1. The van der Waals surface area contributed by atoms with Gasteiger partial charge in [0.2, 0.25) is 10.0 Å². The minimum Gasteiger partial charge on any atom is -0.377 e. The van der Waals surface area contributed by atoms with Crippen LogP contribution in [0.15, 0.2) is 58.3 Å². The number of carbonyl (C=O) groups is 1. The van der Waals surface area contributed by atoms with Crippen molar-refractivity contribution >= 4 is 33.4 Å². The molecule has 1 N–H and O–H groups in total. The van der Waals surface area contributed by atoms with Gasteiger partial charge in [0.05, 0.1) is 16.6 Å². The highest BCUT2D eigenvalue weighted by molar-refractivity contribution is 7.99. The van der Waals surface area contributed by atoms with E-state index in [0.29, 0.717) is 24.3 Å². The zero-order valence-electron chi connectivity index (χ0n) is 18.2. The second kappa shape index (κ2) is 10.4. The maximum atomic E-state index is 12.9. The van der Waals surface area contributed by atoms with Gasteiger partial charge in [-0.25, -0.2) is 8.42 Å². The first-order valence-electron chi connectivity index (χ1n) is 10.9. The Bertz CT molecular complexity index is 1030. The smallest absolute Gasteiger partial charge is 0.256 e. The number of hydrogen-bond acceptors (Lipinski definition) is 6. The average Bonchev–Trinajstić information content (AvgIpc) is 3.32. The Kier molecular flexibility index (Phi) is 7.52. The van der Waals surface area contributed by atoms with Crippen molar-refractivity contribution in [1.82, 2.24) is 9.21 Å². The van der Waals surface area contributed by atoms with Crippen LogP contribution in [0.2, 0.25) is 0 Å². The van der Waals surface area contributed by atoms with E-state index >= 15 is 0 Å². The fourth-order valence-corrected chi connectivity index (χ4v) is 6.37. The summed E-state index contributed by atoms with van der Waals surface area (Å²) in [5, 5.41) is 2.89. The zero-order valence-corrected chi connectivity index (χ0v) is 19.8. The van der Waals surface area contributed by atoms with Crippen LogP contribution in [0.1, 0.15) is 23.2 Å². The quantitative estimate of drug-likeness (QED) is 0.620. The molecule has 172 valence electrons. The highest BCUT2D eigenvalue weighted by Gasteiger charge is 2.27. The maximum absolute atomic E-state index is 12.9. The van der Waals surface area contributed by atoms with Crippen molar-refractivity contribution in [1.29, 1.82) is 0 Å². The third-order valence-corrected chi connectivity index (χ3v) is 8.91. The molecule has 0 aromatic heterocycles. The van der Waals surface area contributed by atoms with Crippen molar-refractivity contribution in [2.24, 2.45) is 0 Å². The molecule has 0 bridgehead atoms. The lowest BCUT2D eigenvalue weighted by Crippen LogP contribution is -2.46. The number of rotatable bonds is 7. The number of piperazine rings is 1. The fourth-order valence-electron chi connectivity index (χ4n) is 3.82. The van der Waals surface area contributed by atoms with Gasteiger partial charge in [-0.15, -0.1) is 11.8 Å². The van der Waals surface area contributed by atoms with E-state index in [1.54, 1.807) is 42.1 Å². The predicted octanol–water partition coefficient (Wildman–Crippen LogP) is 3.15. The second-order valence-corrected chi connectivity index (χ2v) is 11.1. The molecule has 2 saturated heterocycles. The number of hydrogen-bond donors (Lipinski definition) is 1. The Hall–Kier alpha value is -1.91. The van der Waals surface area contributed by atoms with Crippen LogP contribution < -0.4 is 5.32 Å². The predicted molar refractivity (Wildman–Crippen MR) is 127 cm³/mol. The Balaban J connectivity index is 1.41. The molecule has 2 heterocycles. The average molecular weight is 476 g/mol. The third kappa shape index (κ3) is 5.52. The van der Waals surface area contributed by atoms with Crippen LogP contribution in [-0.4, -0.2) is 75.2 Å². The van der Waals surface area contributed by atoms with E-state index in [4.69, 9.17) is 4.74 Å². The van der Waals surface area contributed by atoms with Crippen molar-refractivity contribution in [2.75, 3.05) is 50.9 Å². The molecule has 0 radical (unpaired) electrons. The van der Waals surface area contributed by atoms with E-state index in [0.717, 1.165) is 43.2 Å². The first kappa shape index (κ1) is 23.3. The molecule has 32 heavy (non-hydrogen) atoms. The van der Waals surface area contributed by atoms with Crippen LogP contribution >= 0.6 is 11.8 Å². The first-order valence-corrected chi connectivity index (χ1v) is 13.3. The van der Waals surface area contributed by atoms with Crippen LogP contribution in [0.4, 0.5) is 5.69 Å². The SMILES string of the molecule is CN1CCN(S(=O)(=O)c2ccc(NC(=O)c3ccccc3SCC3CCCO3)cc2)CC1. The summed E-state index contributed by atoms with van der Waals surface area (Å²) in [5.41, 5.74) is 1.16. The van der Waals surface area contributed by atoms with Crippen molar-refractivity contribution in [3.05, 3.63) is 54.1 Å². The van der Waals surface area contributed by atoms with E-state index in [1.807, 2.05) is 25.2 Å². The molecule has 1 unspecified atom stereocenters. The molecule has 0 spiro atoms. The van der Waals surface area contributed by atoms with Gasteiger partial charge in [-0.3, -0.25) is 4.79 Å². The summed E-state index contributed by atoms with van der Waals surface area (Å²) in [7, 11) is -1.54. The number of nitrogens with zero attached hydrogens (tertiary/aromatic N) is 2. The number of benzene rings is 2. The summed E-state index contributed by atoms with van der Waals surface area (Å²) < 4.78 is 33.0. The first-order chi connectivity index (χ1) is 15.4. The van der Waals surface area contributed by atoms with E-state index < -0.39 is 10.0 Å². The lowest BCUT2D eigenvalue weighted by atomic mass is 10.2. The molecule has 1 atom stereocenters. The number of likely N-dealkylation sites (N-methyl/N-ethyl adjacent to an activating group) is 1. The molecular formula is C23H29N3O4S2. The Morgan fingerprint density at radius 2 is 1.81 bits per heavy atom. The number of anilines is 1. The molecule has 2 fully saturated rings. The van der Waals surface area contributed by atoms with E-state index in [-0.39, 0.29) is 16.9 Å².